The van der Waals surface area contributed by atoms with Crippen LogP contribution in [-0.2, 0) is 6.54 Å². The highest BCUT2D eigenvalue weighted by atomic mass is 16.6. The molecule has 0 unspecified atom stereocenters. The zero-order valence-corrected chi connectivity index (χ0v) is 10.2. The van der Waals surface area contributed by atoms with Gasteiger partial charge in [0.25, 0.3) is 0 Å². The molecule has 2 heterocycles. The number of carbonyl (C=O) groups is 1. The van der Waals surface area contributed by atoms with Crippen molar-refractivity contribution in [3.8, 4) is 0 Å². The number of carboxylic acid groups (broad SMARTS) is 1. The second-order valence-electron chi connectivity index (χ2n) is 3.84. The first-order chi connectivity index (χ1) is 9.58. The van der Waals surface area contributed by atoms with Crippen LogP contribution in [0.25, 0.3) is 0 Å². The van der Waals surface area contributed by atoms with Gasteiger partial charge in [0, 0.05) is 25.0 Å². The molecule has 8 nitrogen and oxygen atoms in total. The van der Waals surface area contributed by atoms with E-state index in [1.165, 1.54) is 0 Å². The van der Waals surface area contributed by atoms with Crippen LogP contribution >= 0.6 is 0 Å². The van der Waals surface area contributed by atoms with E-state index >= 15 is 0 Å². The van der Waals surface area contributed by atoms with Gasteiger partial charge in [0.15, 0.2) is 5.69 Å². The molecule has 2 aromatic rings. The number of nitro groups is 1. The van der Waals surface area contributed by atoms with Crippen molar-refractivity contribution in [1.82, 2.24) is 9.97 Å². The zero-order chi connectivity index (χ0) is 14.5. The smallest absolute Gasteiger partial charge is 0.354 e. The fraction of sp³-hybridized carbons (Fsp3) is 0.0833. The molecule has 0 aliphatic carbocycles. The van der Waals surface area contributed by atoms with Crippen LogP contribution in [-0.4, -0.2) is 26.0 Å². The van der Waals surface area contributed by atoms with Gasteiger partial charge in [-0.3, -0.25) is 15.1 Å². The molecule has 8 heteroatoms. The third kappa shape index (κ3) is 3.05. The van der Waals surface area contributed by atoms with Crippen molar-refractivity contribution in [1.29, 1.82) is 0 Å². The lowest BCUT2D eigenvalue weighted by atomic mass is 10.2. The highest BCUT2D eigenvalue weighted by Crippen LogP contribution is 2.22. The topological polar surface area (TPSA) is 118 Å². The van der Waals surface area contributed by atoms with Gasteiger partial charge in [0.1, 0.15) is 0 Å². The highest BCUT2D eigenvalue weighted by Gasteiger charge is 2.18. The Morgan fingerprint density at radius 1 is 1.30 bits per heavy atom. The van der Waals surface area contributed by atoms with E-state index in [0.29, 0.717) is 0 Å². The highest BCUT2D eigenvalue weighted by molar-refractivity contribution is 5.86. The van der Waals surface area contributed by atoms with Crippen molar-refractivity contribution in [2.75, 3.05) is 5.32 Å². The summed E-state index contributed by atoms with van der Waals surface area (Å²) < 4.78 is 0. The van der Waals surface area contributed by atoms with Gasteiger partial charge in [0.05, 0.1) is 4.92 Å². The predicted molar refractivity (Wildman–Crippen MR) is 69.4 cm³/mol. The summed E-state index contributed by atoms with van der Waals surface area (Å²) in [5.41, 5.74) is 0.314. The van der Waals surface area contributed by atoms with Gasteiger partial charge < -0.3 is 10.4 Å². The van der Waals surface area contributed by atoms with Crippen LogP contribution in [0.15, 0.2) is 36.7 Å². The minimum atomic E-state index is -1.24. The van der Waals surface area contributed by atoms with Crippen molar-refractivity contribution in [2.45, 2.75) is 6.54 Å². The van der Waals surface area contributed by atoms with Crippen molar-refractivity contribution < 1.29 is 14.8 Å². The Labute approximate surface area is 113 Å². The minimum absolute atomic E-state index is 0.0771. The standard InChI is InChI=1S/C12H10N4O4/c17-12(18)9-1-2-10(16(19)20)11(15-9)14-7-8-3-5-13-6-4-8/h1-6H,7H2,(H,14,15)(H,17,18). The van der Waals surface area contributed by atoms with Crippen molar-refractivity contribution >= 4 is 17.5 Å². The molecule has 0 spiro atoms. The van der Waals surface area contributed by atoms with Crippen molar-refractivity contribution in [3.63, 3.8) is 0 Å². The first-order valence-corrected chi connectivity index (χ1v) is 5.59. The fourth-order valence-electron chi connectivity index (χ4n) is 1.53. The first-order valence-electron chi connectivity index (χ1n) is 5.59. The van der Waals surface area contributed by atoms with Crippen molar-refractivity contribution in [3.05, 3.63) is 58.0 Å². The maximum absolute atomic E-state index is 10.9. The molecule has 0 aliphatic rings. The first kappa shape index (κ1) is 13.4. The van der Waals surface area contributed by atoms with Crippen LogP contribution in [0.5, 0.6) is 0 Å². The largest absolute Gasteiger partial charge is 0.477 e. The predicted octanol–water partition coefficient (Wildman–Crippen LogP) is 1.70. The summed E-state index contributed by atoms with van der Waals surface area (Å²) >= 11 is 0. The molecule has 0 aromatic carbocycles. The molecule has 2 N–H and O–H groups in total. The van der Waals surface area contributed by atoms with Crippen molar-refractivity contribution in [2.24, 2.45) is 0 Å². The number of rotatable bonds is 5. The number of aromatic carboxylic acids is 1. The van der Waals surface area contributed by atoms with Gasteiger partial charge in [-0.1, -0.05) is 0 Å². The molecule has 0 saturated carbocycles. The monoisotopic (exact) mass is 274 g/mol. The lowest BCUT2D eigenvalue weighted by Crippen LogP contribution is -2.08. The number of hydrogen-bond acceptors (Lipinski definition) is 6. The van der Waals surface area contributed by atoms with Crippen LogP contribution in [0.2, 0.25) is 0 Å². The second-order valence-corrected chi connectivity index (χ2v) is 3.84. The van der Waals surface area contributed by atoms with Crippen LogP contribution in [0, 0.1) is 10.1 Å². The summed E-state index contributed by atoms with van der Waals surface area (Å²) in [6.45, 7) is 0.277. The molecule has 0 radical (unpaired) electrons. The maximum atomic E-state index is 10.9. The van der Waals surface area contributed by atoms with E-state index in [1.54, 1.807) is 24.5 Å². The summed E-state index contributed by atoms with van der Waals surface area (Å²) in [5.74, 6) is -1.32. The molecular weight excluding hydrogens is 264 g/mol. The van der Waals surface area contributed by atoms with Gasteiger partial charge in [-0.05, 0) is 23.8 Å². The number of aromatic nitrogens is 2. The molecule has 0 atom stereocenters. The van der Waals surface area contributed by atoms with Crippen LogP contribution in [0.3, 0.4) is 0 Å². The lowest BCUT2D eigenvalue weighted by molar-refractivity contribution is -0.384. The molecule has 0 fully saturated rings. The summed E-state index contributed by atoms with van der Waals surface area (Å²) in [6, 6.07) is 5.68. The summed E-state index contributed by atoms with van der Waals surface area (Å²) in [4.78, 5) is 28.7. The van der Waals surface area contributed by atoms with Gasteiger partial charge in [-0.2, -0.15) is 0 Å². The Kier molecular flexibility index (Phi) is 3.85. The number of nitrogens with one attached hydrogen (secondary N) is 1. The number of hydrogen-bond donors (Lipinski definition) is 2. The molecule has 0 saturated heterocycles. The van der Waals surface area contributed by atoms with Crippen LogP contribution in [0.1, 0.15) is 16.1 Å². The Morgan fingerprint density at radius 3 is 2.60 bits per heavy atom. The third-order valence-electron chi connectivity index (χ3n) is 2.50. The average Bonchev–Trinajstić information content (AvgIpc) is 2.45. The molecule has 20 heavy (non-hydrogen) atoms. The van der Waals surface area contributed by atoms with Crippen LogP contribution < -0.4 is 5.32 Å². The van der Waals surface area contributed by atoms with Gasteiger partial charge >= 0.3 is 11.7 Å². The van der Waals surface area contributed by atoms with E-state index in [9.17, 15) is 14.9 Å². The molecule has 2 aromatic heterocycles. The van der Waals surface area contributed by atoms with Gasteiger partial charge in [-0.15, -0.1) is 0 Å². The van der Waals surface area contributed by atoms with Crippen LogP contribution in [0.4, 0.5) is 11.5 Å². The Bertz CT molecular complexity index is 645. The van der Waals surface area contributed by atoms with E-state index in [1.807, 2.05) is 0 Å². The Balaban J connectivity index is 2.26. The van der Waals surface area contributed by atoms with Gasteiger partial charge in [-0.25, -0.2) is 9.78 Å². The van der Waals surface area contributed by atoms with E-state index in [0.717, 1.165) is 17.7 Å². The summed E-state index contributed by atoms with van der Waals surface area (Å²) in [6.07, 6.45) is 3.18. The fourth-order valence-corrected chi connectivity index (χ4v) is 1.53. The average molecular weight is 274 g/mol. The summed E-state index contributed by atoms with van der Waals surface area (Å²) in [5, 5.41) is 22.5. The maximum Gasteiger partial charge on any atom is 0.354 e. The summed E-state index contributed by atoms with van der Waals surface area (Å²) in [7, 11) is 0. The normalized spacial score (nSPS) is 10.0. The molecular formula is C12H10N4O4. The second kappa shape index (κ2) is 5.74. The van der Waals surface area contributed by atoms with Gasteiger partial charge in [0.2, 0.25) is 5.82 Å². The molecule has 2 rings (SSSR count). The lowest BCUT2D eigenvalue weighted by Gasteiger charge is -2.06. The number of carboxylic acids is 1. The third-order valence-corrected chi connectivity index (χ3v) is 2.50. The molecule has 102 valence electrons. The SMILES string of the molecule is O=C(O)c1ccc([N+](=O)[O-])c(NCc2ccncc2)n1. The van der Waals surface area contributed by atoms with E-state index < -0.39 is 10.9 Å². The number of anilines is 1. The Morgan fingerprint density at radius 2 is 2.00 bits per heavy atom. The zero-order valence-electron chi connectivity index (χ0n) is 10.2. The molecule has 0 aliphatic heterocycles. The van der Waals surface area contributed by atoms with E-state index in [2.05, 4.69) is 15.3 Å². The Hall–Kier alpha value is -3.03. The van der Waals surface area contributed by atoms with E-state index in [4.69, 9.17) is 5.11 Å². The molecule has 0 bridgehead atoms. The van der Waals surface area contributed by atoms with E-state index in [-0.39, 0.29) is 23.7 Å². The minimum Gasteiger partial charge on any atom is -0.477 e. The number of pyridine rings is 2. The number of nitrogens with zero attached hydrogens (tertiary/aromatic N) is 3. The molecule has 0 amide bonds. The quantitative estimate of drug-likeness (QED) is 0.629.